The number of ether oxygens (including phenoxy) is 1. The summed E-state index contributed by atoms with van der Waals surface area (Å²) in [5, 5.41) is 15.0. The first-order valence-corrected chi connectivity index (χ1v) is 12.3. The van der Waals surface area contributed by atoms with Crippen LogP contribution in [0.3, 0.4) is 0 Å². The van der Waals surface area contributed by atoms with Crippen LogP contribution < -0.4 is 15.0 Å². The van der Waals surface area contributed by atoms with E-state index in [4.69, 9.17) is 9.72 Å². The van der Waals surface area contributed by atoms with Gasteiger partial charge in [-0.05, 0) is 50.2 Å². The van der Waals surface area contributed by atoms with Gasteiger partial charge in [0.1, 0.15) is 17.2 Å². The predicted molar refractivity (Wildman–Crippen MR) is 138 cm³/mol. The van der Waals surface area contributed by atoms with E-state index in [1.165, 1.54) is 18.2 Å². The van der Waals surface area contributed by atoms with Gasteiger partial charge < -0.3 is 24.4 Å². The van der Waals surface area contributed by atoms with Crippen molar-refractivity contribution in [3.05, 3.63) is 70.7 Å². The molecule has 1 saturated carbocycles. The Morgan fingerprint density at radius 3 is 2.62 bits per heavy atom. The molecule has 2 aromatic carbocycles. The Bertz CT molecular complexity index is 1480. The molecule has 10 nitrogen and oxygen atoms in total. The van der Waals surface area contributed by atoms with Gasteiger partial charge in [0.05, 0.1) is 22.1 Å². The topological polar surface area (TPSA) is 102 Å². The van der Waals surface area contributed by atoms with Crippen LogP contribution in [0, 0.1) is 15.9 Å². The third kappa shape index (κ3) is 4.77. The molecule has 1 aliphatic carbocycles. The number of non-ortho nitro benzene ring substituents is 1. The molecule has 0 bridgehead atoms. The molecule has 6 rings (SSSR count). The molecule has 2 aliphatic rings. The van der Waals surface area contributed by atoms with Crippen LogP contribution >= 0.6 is 0 Å². The molecule has 4 aromatic rings. The molecule has 190 valence electrons. The van der Waals surface area contributed by atoms with Gasteiger partial charge >= 0.3 is 0 Å². The fourth-order valence-electron chi connectivity index (χ4n) is 4.58. The zero-order valence-electron chi connectivity index (χ0n) is 20.3. The first kappa shape index (κ1) is 23.2. The van der Waals surface area contributed by atoms with Crippen LogP contribution in [0.15, 0.2) is 54.7 Å². The second-order valence-electron chi connectivity index (χ2n) is 9.48. The lowest BCUT2D eigenvalue weighted by molar-refractivity contribution is -0.384. The van der Waals surface area contributed by atoms with E-state index in [0.717, 1.165) is 39.0 Å². The maximum atomic E-state index is 15.1. The van der Waals surface area contributed by atoms with Crippen LogP contribution in [-0.4, -0.2) is 57.6 Å². The molecule has 0 atom stereocenters. The minimum absolute atomic E-state index is 0.0763. The van der Waals surface area contributed by atoms with E-state index in [-0.39, 0.29) is 23.3 Å². The number of nitro groups is 1. The highest BCUT2D eigenvalue weighted by molar-refractivity contribution is 5.84. The van der Waals surface area contributed by atoms with E-state index >= 15 is 4.39 Å². The van der Waals surface area contributed by atoms with E-state index in [1.54, 1.807) is 18.2 Å². The lowest BCUT2D eigenvalue weighted by atomic mass is 10.2. The van der Waals surface area contributed by atoms with Crippen LogP contribution in [0.25, 0.3) is 11.0 Å². The van der Waals surface area contributed by atoms with E-state index in [9.17, 15) is 10.1 Å². The third-order valence-corrected chi connectivity index (χ3v) is 6.77. The Kier molecular flexibility index (Phi) is 5.84. The van der Waals surface area contributed by atoms with Crippen LogP contribution in [0.5, 0.6) is 11.6 Å². The summed E-state index contributed by atoms with van der Waals surface area (Å²) >= 11 is 0. The van der Waals surface area contributed by atoms with Crippen molar-refractivity contribution in [3.8, 4) is 11.6 Å². The average Bonchev–Trinajstić information content (AvgIpc) is 3.64. The number of aromatic nitrogens is 3. The molecule has 2 fully saturated rings. The largest absolute Gasteiger partial charge is 0.438 e. The summed E-state index contributed by atoms with van der Waals surface area (Å²) in [7, 11) is 2.06. The monoisotopic (exact) mass is 503 g/mol. The minimum Gasteiger partial charge on any atom is -0.438 e. The van der Waals surface area contributed by atoms with Crippen molar-refractivity contribution in [3.63, 3.8) is 0 Å². The summed E-state index contributed by atoms with van der Waals surface area (Å²) in [6, 6.07) is 13.2. The quantitative estimate of drug-likeness (QED) is 0.275. The first-order valence-electron chi connectivity index (χ1n) is 12.3. The zero-order chi connectivity index (χ0) is 25.5. The van der Waals surface area contributed by atoms with Crippen molar-refractivity contribution in [1.29, 1.82) is 0 Å². The van der Waals surface area contributed by atoms with Gasteiger partial charge in [-0.1, -0.05) is 6.07 Å². The molecular weight excluding hydrogens is 477 g/mol. The number of halogens is 1. The van der Waals surface area contributed by atoms with Crippen molar-refractivity contribution in [2.45, 2.75) is 18.9 Å². The highest BCUT2D eigenvalue weighted by Gasteiger charge is 2.27. The van der Waals surface area contributed by atoms with Crippen LogP contribution in [-0.2, 0) is 0 Å². The number of hydrogen-bond donors (Lipinski definition) is 1. The second-order valence-corrected chi connectivity index (χ2v) is 9.48. The predicted octanol–water partition coefficient (Wildman–Crippen LogP) is 5.10. The van der Waals surface area contributed by atoms with E-state index in [0.29, 0.717) is 34.2 Å². The molecule has 1 aliphatic heterocycles. The number of fused-ring (bicyclic) bond motifs is 1. The number of hydrogen-bond acceptors (Lipinski definition) is 8. The van der Waals surface area contributed by atoms with E-state index < -0.39 is 4.92 Å². The minimum atomic E-state index is -0.473. The molecular formula is C26H26FN7O3. The summed E-state index contributed by atoms with van der Waals surface area (Å²) < 4.78 is 23.2. The van der Waals surface area contributed by atoms with Gasteiger partial charge in [-0.15, -0.1) is 0 Å². The Balaban J connectivity index is 1.32. The van der Waals surface area contributed by atoms with Gasteiger partial charge in [0.15, 0.2) is 0 Å². The number of benzene rings is 2. The fourth-order valence-corrected chi connectivity index (χ4v) is 4.58. The van der Waals surface area contributed by atoms with Gasteiger partial charge in [-0.2, -0.15) is 9.97 Å². The van der Waals surface area contributed by atoms with Gasteiger partial charge in [0.2, 0.25) is 11.8 Å². The first-order chi connectivity index (χ1) is 17.9. The summed E-state index contributed by atoms with van der Waals surface area (Å²) in [6.45, 7) is 3.33. The number of nitro benzene ring substituents is 1. The number of anilines is 3. The Labute approximate surface area is 212 Å². The standard InChI is InChI=1S/C26H26FN7O3/c1-31-11-13-32(14-12-31)23-8-5-17(15-22(23)27)28-26-29-24-21(9-10-33(24)18-6-7-18)25(30-26)37-20-4-2-3-19(16-20)34(35)36/h2-5,8-10,15-16,18H,6-7,11-14H2,1H3,(H,28,29,30). The zero-order valence-corrected chi connectivity index (χ0v) is 20.3. The number of rotatable bonds is 7. The van der Waals surface area contributed by atoms with Gasteiger partial charge in [0.25, 0.3) is 5.69 Å². The van der Waals surface area contributed by atoms with Gasteiger partial charge in [-0.25, -0.2) is 4.39 Å². The highest BCUT2D eigenvalue weighted by atomic mass is 19.1. The molecule has 1 N–H and O–H groups in total. The maximum absolute atomic E-state index is 15.1. The van der Waals surface area contributed by atoms with Crippen molar-refractivity contribution in [2.75, 3.05) is 43.4 Å². The van der Waals surface area contributed by atoms with Crippen LogP contribution in [0.4, 0.5) is 27.4 Å². The Morgan fingerprint density at radius 1 is 1.08 bits per heavy atom. The summed E-state index contributed by atoms with van der Waals surface area (Å²) in [5.74, 6) is 0.495. The SMILES string of the molecule is CN1CCN(c2ccc(Nc3nc(Oc4cccc([N+](=O)[O-])c4)c4ccn(C5CC5)c4n3)cc2F)CC1. The van der Waals surface area contributed by atoms with E-state index in [2.05, 4.69) is 31.7 Å². The molecule has 11 heteroatoms. The average molecular weight is 504 g/mol. The Morgan fingerprint density at radius 2 is 1.89 bits per heavy atom. The summed E-state index contributed by atoms with van der Waals surface area (Å²) in [6.07, 6.45) is 4.08. The lowest BCUT2D eigenvalue weighted by Crippen LogP contribution is -2.44. The van der Waals surface area contributed by atoms with Crippen molar-refractivity contribution >= 4 is 34.0 Å². The van der Waals surface area contributed by atoms with Gasteiger partial charge in [-0.3, -0.25) is 10.1 Å². The second kappa shape index (κ2) is 9.32. The molecule has 0 unspecified atom stereocenters. The smallest absolute Gasteiger partial charge is 0.273 e. The molecule has 3 heterocycles. The summed E-state index contributed by atoms with van der Waals surface area (Å²) in [4.78, 5) is 24.3. The maximum Gasteiger partial charge on any atom is 0.273 e. The van der Waals surface area contributed by atoms with Crippen molar-refractivity contribution in [2.24, 2.45) is 0 Å². The van der Waals surface area contributed by atoms with E-state index in [1.807, 2.05) is 18.3 Å². The van der Waals surface area contributed by atoms with Gasteiger partial charge in [0, 0.05) is 50.2 Å². The number of nitrogens with one attached hydrogen (secondary N) is 1. The van der Waals surface area contributed by atoms with Crippen LogP contribution in [0.1, 0.15) is 18.9 Å². The Hall–Kier alpha value is -4.25. The normalized spacial score (nSPS) is 16.2. The highest BCUT2D eigenvalue weighted by Crippen LogP contribution is 2.40. The van der Waals surface area contributed by atoms with Crippen molar-refractivity contribution in [1.82, 2.24) is 19.4 Å². The number of nitrogens with zero attached hydrogens (tertiary/aromatic N) is 6. The lowest BCUT2D eigenvalue weighted by Gasteiger charge is -2.34. The molecule has 1 saturated heterocycles. The number of likely N-dealkylation sites (N-methyl/N-ethyl adjacent to an activating group) is 1. The molecule has 2 aromatic heterocycles. The number of piperazine rings is 1. The fraction of sp³-hybridized carbons (Fsp3) is 0.308. The van der Waals surface area contributed by atoms with Crippen molar-refractivity contribution < 1.29 is 14.1 Å². The molecule has 0 amide bonds. The summed E-state index contributed by atoms with van der Waals surface area (Å²) in [5.41, 5.74) is 1.70. The van der Waals surface area contributed by atoms with Crippen LogP contribution in [0.2, 0.25) is 0 Å². The third-order valence-electron chi connectivity index (χ3n) is 6.77. The molecule has 0 spiro atoms. The molecule has 37 heavy (non-hydrogen) atoms. The molecule has 0 radical (unpaired) electrons.